The van der Waals surface area contributed by atoms with Crippen LogP contribution in [0.25, 0.3) is 11.1 Å². The molecule has 144 valence electrons. The summed E-state index contributed by atoms with van der Waals surface area (Å²) in [6, 6.07) is 6.50. The Hall–Kier alpha value is -1.65. The minimum Gasteiger partial charge on any atom is -0.339 e. The smallest absolute Gasteiger partial charge is 0.226 e. The zero-order chi connectivity index (χ0) is 17.9. The second-order valence-corrected chi connectivity index (χ2v) is 7.85. The van der Waals surface area contributed by atoms with E-state index in [0.717, 1.165) is 41.1 Å². The van der Waals surface area contributed by atoms with E-state index in [1.165, 1.54) is 38.4 Å². The first-order chi connectivity index (χ1) is 12.7. The summed E-state index contributed by atoms with van der Waals surface area (Å²) in [4.78, 5) is 23.1. The quantitative estimate of drug-likeness (QED) is 0.722. The summed E-state index contributed by atoms with van der Waals surface area (Å²) in [6.45, 7) is 0.908. The third kappa shape index (κ3) is 4.44. The van der Waals surface area contributed by atoms with Crippen molar-refractivity contribution >= 4 is 29.9 Å². The first-order valence-corrected chi connectivity index (χ1v) is 9.94. The molecule has 0 bridgehead atoms. The highest BCUT2D eigenvalue weighted by Gasteiger charge is 2.36. The molecule has 0 spiro atoms. The first kappa shape index (κ1) is 20.1. The van der Waals surface area contributed by atoms with Crippen LogP contribution in [0.4, 0.5) is 0 Å². The number of hydrogen-bond acceptors (Lipinski definition) is 3. The molecule has 1 amide bonds. The van der Waals surface area contributed by atoms with Crippen molar-refractivity contribution in [2.24, 2.45) is 5.92 Å². The molecule has 4 nitrogen and oxygen atoms in total. The molecule has 1 aliphatic heterocycles. The number of amides is 1. The fourth-order valence-corrected chi connectivity index (χ4v) is 4.57. The average Bonchev–Trinajstić information content (AvgIpc) is 3.05. The Labute approximate surface area is 171 Å². The van der Waals surface area contributed by atoms with Crippen molar-refractivity contribution < 1.29 is 4.79 Å². The predicted octanol–water partition coefficient (Wildman–Crippen LogP) is 4.94. The van der Waals surface area contributed by atoms with Gasteiger partial charge in [-0.05, 0) is 42.9 Å². The van der Waals surface area contributed by atoms with Gasteiger partial charge in [-0.25, -0.2) is 9.97 Å². The van der Waals surface area contributed by atoms with Gasteiger partial charge < -0.3 is 4.90 Å². The summed E-state index contributed by atoms with van der Waals surface area (Å²) < 4.78 is 0. The van der Waals surface area contributed by atoms with Crippen LogP contribution in [-0.4, -0.2) is 33.4 Å². The Kier molecular flexibility index (Phi) is 6.72. The summed E-state index contributed by atoms with van der Waals surface area (Å²) in [5.41, 5.74) is 3.00. The second-order valence-electron chi connectivity index (χ2n) is 7.45. The molecular weight excluding hydrogens is 381 g/mol. The SMILES string of the molecule is Cl.O=C1C(Cc2ccc(-c3cncnc3)cc2Cl)CCN1C1CCCCC1. The van der Waals surface area contributed by atoms with Crippen molar-refractivity contribution in [1.82, 2.24) is 14.9 Å². The van der Waals surface area contributed by atoms with Crippen molar-refractivity contribution in [3.05, 3.63) is 47.5 Å². The zero-order valence-electron chi connectivity index (χ0n) is 15.3. The van der Waals surface area contributed by atoms with Gasteiger partial charge in [-0.15, -0.1) is 12.4 Å². The van der Waals surface area contributed by atoms with E-state index in [1.807, 2.05) is 18.2 Å². The number of benzene rings is 1. The maximum absolute atomic E-state index is 12.9. The van der Waals surface area contributed by atoms with Crippen molar-refractivity contribution in [3.8, 4) is 11.1 Å². The van der Waals surface area contributed by atoms with E-state index < -0.39 is 0 Å². The number of carbonyl (C=O) groups is 1. The fraction of sp³-hybridized carbons (Fsp3) is 0.476. The normalized spacial score (nSPS) is 20.6. The minimum absolute atomic E-state index is 0. The minimum atomic E-state index is 0. The van der Waals surface area contributed by atoms with Crippen molar-refractivity contribution in [1.29, 1.82) is 0 Å². The van der Waals surface area contributed by atoms with Crippen LogP contribution in [0.3, 0.4) is 0 Å². The molecule has 1 unspecified atom stereocenters. The van der Waals surface area contributed by atoms with E-state index in [9.17, 15) is 4.79 Å². The standard InChI is InChI=1S/C21H24ClN3O.ClH/c22-20-11-15(18-12-23-14-24-13-18)6-7-16(20)10-17-8-9-25(21(17)26)19-4-2-1-3-5-19;/h6-7,11-14,17,19H,1-5,8-10H2;1H. The first-order valence-electron chi connectivity index (χ1n) is 9.56. The highest BCUT2D eigenvalue weighted by Crippen LogP contribution is 2.32. The summed E-state index contributed by atoms with van der Waals surface area (Å²) in [5.74, 6) is 0.397. The highest BCUT2D eigenvalue weighted by atomic mass is 35.5. The summed E-state index contributed by atoms with van der Waals surface area (Å²) in [6.07, 6.45) is 12.9. The van der Waals surface area contributed by atoms with Gasteiger partial charge in [0.1, 0.15) is 6.33 Å². The molecule has 2 aromatic rings. The molecule has 0 radical (unpaired) electrons. The fourth-order valence-electron chi connectivity index (χ4n) is 4.31. The van der Waals surface area contributed by atoms with E-state index in [2.05, 4.69) is 14.9 Å². The van der Waals surface area contributed by atoms with Crippen molar-refractivity contribution in [2.75, 3.05) is 6.54 Å². The summed E-state index contributed by atoms with van der Waals surface area (Å²) in [7, 11) is 0. The van der Waals surface area contributed by atoms with Gasteiger partial charge in [-0.2, -0.15) is 0 Å². The van der Waals surface area contributed by atoms with Crippen LogP contribution < -0.4 is 0 Å². The summed E-state index contributed by atoms with van der Waals surface area (Å²) in [5, 5.41) is 0.718. The molecule has 2 aliphatic rings. The lowest BCUT2D eigenvalue weighted by Gasteiger charge is -2.31. The highest BCUT2D eigenvalue weighted by molar-refractivity contribution is 6.31. The number of aromatic nitrogens is 2. The lowest BCUT2D eigenvalue weighted by atomic mass is 9.94. The Morgan fingerprint density at radius 1 is 1.04 bits per heavy atom. The molecule has 6 heteroatoms. The molecular formula is C21H25Cl2N3O. The van der Waals surface area contributed by atoms with Crippen LogP contribution in [0.2, 0.25) is 5.02 Å². The van der Waals surface area contributed by atoms with Gasteiger partial charge in [0.05, 0.1) is 0 Å². The molecule has 2 fully saturated rings. The maximum atomic E-state index is 12.9. The van der Waals surface area contributed by atoms with Crippen LogP contribution in [0.15, 0.2) is 36.9 Å². The number of halogens is 2. The number of likely N-dealkylation sites (tertiary alicyclic amines) is 1. The van der Waals surface area contributed by atoms with Gasteiger partial charge in [-0.3, -0.25) is 4.79 Å². The average molecular weight is 406 g/mol. The van der Waals surface area contributed by atoms with E-state index in [1.54, 1.807) is 12.4 Å². The monoisotopic (exact) mass is 405 g/mol. The number of carbonyl (C=O) groups excluding carboxylic acids is 1. The molecule has 27 heavy (non-hydrogen) atoms. The van der Waals surface area contributed by atoms with Gasteiger partial charge in [0.25, 0.3) is 0 Å². The molecule has 1 aromatic carbocycles. The predicted molar refractivity (Wildman–Crippen MR) is 110 cm³/mol. The van der Waals surface area contributed by atoms with Crippen LogP contribution in [0.5, 0.6) is 0 Å². The molecule has 1 aliphatic carbocycles. The van der Waals surface area contributed by atoms with Crippen molar-refractivity contribution in [2.45, 2.75) is 51.0 Å². The molecule has 4 rings (SSSR count). The van der Waals surface area contributed by atoms with E-state index >= 15 is 0 Å². The molecule has 2 heterocycles. The van der Waals surface area contributed by atoms with E-state index in [4.69, 9.17) is 11.6 Å². The third-order valence-corrected chi connectivity index (χ3v) is 6.13. The number of rotatable bonds is 4. The lowest BCUT2D eigenvalue weighted by Crippen LogP contribution is -2.39. The van der Waals surface area contributed by atoms with Gasteiger partial charge in [0.15, 0.2) is 0 Å². The largest absolute Gasteiger partial charge is 0.339 e. The Bertz CT molecular complexity index is 778. The molecule has 0 N–H and O–H groups in total. The topological polar surface area (TPSA) is 46.1 Å². The van der Waals surface area contributed by atoms with Crippen LogP contribution in [-0.2, 0) is 11.2 Å². The number of nitrogens with zero attached hydrogens (tertiary/aromatic N) is 3. The van der Waals surface area contributed by atoms with Crippen molar-refractivity contribution in [3.63, 3.8) is 0 Å². The molecule has 1 aromatic heterocycles. The Morgan fingerprint density at radius 2 is 1.78 bits per heavy atom. The maximum Gasteiger partial charge on any atom is 0.226 e. The summed E-state index contributed by atoms with van der Waals surface area (Å²) >= 11 is 6.52. The number of hydrogen-bond donors (Lipinski definition) is 0. The Morgan fingerprint density at radius 3 is 2.48 bits per heavy atom. The molecule has 1 saturated heterocycles. The molecule has 1 saturated carbocycles. The van der Waals surface area contributed by atoms with Crippen LogP contribution in [0, 0.1) is 5.92 Å². The van der Waals surface area contributed by atoms with Gasteiger partial charge in [-0.1, -0.05) is 43.0 Å². The van der Waals surface area contributed by atoms with E-state index in [0.29, 0.717) is 11.9 Å². The van der Waals surface area contributed by atoms with Gasteiger partial charge >= 0.3 is 0 Å². The van der Waals surface area contributed by atoms with E-state index in [-0.39, 0.29) is 18.3 Å². The van der Waals surface area contributed by atoms with Gasteiger partial charge in [0, 0.05) is 41.5 Å². The van der Waals surface area contributed by atoms with Crippen LogP contribution in [0.1, 0.15) is 44.1 Å². The van der Waals surface area contributed by atoms with Crippen LogP contribution >= 0.6 is 24.0 Å². The third-order valence-electron chi connectivity index (χ3n) is 5.78. The zero-order valence-corrected chi connectivity index (χ0v) is 16.9. The lowest BCUT2D eigenvalue weighted by molar-refractivity contribution is -0.133. The molecule has 1 atom stereocenters. The second kappa shape index (κ2) is 9.03. The Balaban J connectivity index is 0.00000210. The van der Waals surface area contributed by atoms with Gasteiger partial charge in [0.2, 0.25) is 5.91 Å².